The van der Waals surface area contributed by atoms with E-state index in [1.807, 2.05) is 36.2 Å². The minimum absolute atomic E-state index is 0.166. The van der Waals surface area contributed by atoms with Crippen molar-refractivity contribution >= 4 is 23.4 Å². The number of aromatic nitrogens is 2. The van der Waals surface area contributed by atoms with Crippen molar-refractivity contribution in [2.45, 2.75) is 19.1 Å². The van der Waals surface area contributed by atoms with E-state index in [1.54, 1.807) is 30.1 Å². The first-order chi connectivity index (χ1) is 11.1. The molecule has 1 aromatic heterocycles. The molecule has 0 radical (unpaired) electrons. The van der Waals surface area contributed by atoms with E-state index in [-0.39, 0.29) is 5.91 Å². The first-order valence-electron chi connectivity index (χ1n) is 7.34. The van der Waals surface area contributed by atoms with Gasteiger partial charge in [0.15, 0.2) is 0 Å². The van der Waals surface area contributed by atoms with E-state index in [2.05, 4.69) is 10.3 Å². The van der Waals surface area contributed by atoms with Crippen molar-refractivity contribution < 1.29 is 9.53 Å². The van der Waals surface area contributed by atoms with Crippen molar-refractivity contribution in [1.82, 2.24) is 9.55 Å². The lowest BCUT2D eigenvalue weighted by atomic mass is 10.2. The minimum Gasteiger partial charge on any atom is -0.486 e. The Morgan fingerprint density at radius 1 is 1.43 bits per heavy atom. The monoisotopic (exact) mass is 334 g/mol. The zero-order valence-electron chi connectivity index (χ0n) is 13.4. The van der Waals surface area contributed by atoms with Gasteiger partial charge in [-0.3, -0.25) is 4.79 Å². The van der Waals surface area contributed by atoms with Crippen LogP contribution in [0.15, 0.2) is 36.7 Å². The standard InChI is InChI=1S/C16H22N4O2S/c1-20-9-8-18-15(20)11-22-13-5-3-12(4-6-13)19-16(21)14(17)7-10-23-2/h3-6,8-9,14H,7,10-11,17H2,1-2H3,(H,19,21)/t14-/m0/s1. The summed E-state index contributed by atoms with van der Waals surface area (Å²) < 4.78 is 7.58. The van der Waals surface area contributed by atoms with E-state index in [4.69, 9.17) is 10.5 Å². The van der Waals surface area contributed by atoms with Crippen LogP contribution in [0, 0.1) is 0 Å². The second-order valence-electron chi connectivity index (χ2n) is 5.14. The fourth-order valence-electron chi connectivity index (χ4n) is 1.93. The van der Waals surface area contributed by atoms with Gasteiger partial charge >= 0.3 is 0 Å². The van der Waals surface area contributed by atoms with Gasteiger partial charge in [-0.2, -0.15) is 11.8 Å². The maximum absolute atomic E-state index is 11.9. The average Bonchev–Trinajstić information content (AvgIpc) is 2.97. The van der Waals surface area contributed by atoms with Crippen molar-refractivity contribution in [2.75, 3.05) is 17.3 Å². The molecule has 1 atom stereocenters. The number of hydrogen-bond acceptors (Lipinski definition) is 5. The quantitative estimate of drug-likeness (QED) is 0.772. The number of carbonyl (C=O) groups excluding carboxylic acids is 1. The molecule has 0 saturated heterocycles. The fraction of sp³-hybridized carbons (Fsp3) is 0.375. The lowest BCUT2D eigenvalue weighted by molar-refractivity contribution is -0.117. The smallest absolute Gasteiger partial charge is 0.241 e. The zero-order valence-corrected chi connectivity index (χ0v) is 14.2. The van der Waals surface area contributed by atoms with Gasteiger partial charge in [0.05, 0.1) is 6.04 Å². The van der Waals surface area contributed by atoms with Crippen LogP contribution in [0.3, 0.4) is 0 Å². The van der Waals surface area contributed by atoms with E-state index in [9.17, 15) is 4.79 Å². The number of anilines is 1. The Kier molecular flexibility index (Phi) is 6.49. The number of thioether (sulfide) groups is 1. The Morgan fingerprint density at radius 3 is 2.78 bits per heavy atom. The van der Waals surface area contributed by atoms with Crippen molar-refractivity contribution in [3.8, 4) is 5.75 Å². The lowest BCUT2D eigenvalue weighted by Gasteiger charge is -2.12. The number of rotatable bonds is 8. The number of ether oxygens (including phenoxy) is 1. The molecule has 7 heteroatoms. The van der Waals surface area contributed by atoms with Crippen LogP contribution in [0.4, 0.5) is 5.69 Å². The zero-order chi connectivity index (χ0) is 16.7. The number of aryl methyl sites for hydroxylation is 1. The Labute approximate surface area is 140 Å². The Hall–Kier alpha value is -1.99. The summed E-state index contributed by atoms with van der Waals surface area (Å²) in [5.74, 6) is 2.27. The third-order valence-corrected chi connectivity index (χ3v) is 4.02. The van der Waals surface area contributed by atoms with Crippen molar-refractivity contribution in [3.05, 3.63) is 42.5 Å². The third-order valence-electron chi connectivity index (χ3n) is 3.38. The van der Waals surface area contributed by atoms with Crippen LogP contribution in [0.2, 0.25) is 0 Å². The van der Waals surface area contributed by atoms with E-state index in [0.717, 1.165) is 17.3 Å². The van der Waals surface area contributed by atoms with E-state index in [1.165, 1.54) is 0 Å². The number of hydrogen-bond donors (Lipinski definition) is 2. The SMILES string of the molecule is CSCC[C@H](N)C(=O)Nc1ccc(OCc2nccn2C)cc1. The van der Waals surface area contributed by atoms with E-state index >= 15 is 0 Å². The summed E-state index contributed by atoms with van der Waals surface area (Å²) in [7, 11) is 1.92. The molecular formula is C16H22N4O2S. The molecule has 0 saturated carbocycles. The summed E-state index contributed by atoms with van der Waals surface area (Å²) in [6.07, 6.45) is 6.27. The topological polar surface area (TPSA) is 82.2 Å². The summed E-state index contributed by atoms with van der Waals surface area (Å²) in [4.78, 5) is 16.1. The average molecular weight is 334 g/mol. The van der Waals surface area contributed by atoms with Gasteiger partial charge in [-0.1, -0.05) is 0 Å². The van der Waals surface area contributed by atoms with Crippen LogP contribution in [0.5, 0.6) is 5.75 Å². The van der Waals surface area contributed by atoms with Crippen molar-refractivity contribution in [2.24, 2.45) is 12.8 Å². The van der Waals surface area contributed by atoms with Crippen LogP contribution >= 0.6 is 11.8 Å². The minimum atomic E-state index is -0.484. The third kappa shape index (κ3) is 5.30. The van der Waals surface area contributed by atoms with E-state index in [0.29, 0.717) is 18.7 Å². The van der Waals surface area contributed by atoms with Gasteiger partial charge in [0.2, 0.25) is 5.91 Å². The largest absolute Gasteiger partial charge is 0.486 e. The van der Waals surface area contributed by atoms with Crippen LogP contribution < -0.4 is 15.8 Å². The van der Waals surface area contributed by atoms with Gasteiger partial charge < -0.3 is 20.4 Å². The summed E-state index contributed by atoms with van der Waals surface area (Å²) in [5, 5.41) is 2.81. The Bertz CT molecular complexity index is 627. The Balaban J connectivity index is 1.84. The maximum atomic E-state index is 11.9. The molecule has 0 aliphatic carbocycles. The highest BCUT2D eigenvalue weighted by Gasteiger charge is 2.12. The molecule has 0 fully saturated rings. The number of benzene rings is 1. The van der Waals surface area contributed by atoms with Gasteiger partial charge in [-0.15, -0.1) is 0 Å². The van der Waals surface area contributed by atoms with Crippen LogP contribution in [0.25, 0.3) is 0 Å². The molecular weight excluding hydrogens is 312 g/mol. The first-order valence-corrected chi connectivity index (χ1v) is 8.74. The molecule has 1 aromatic carbocycles. The summed E-state index contributed by atoms with van der Waals surface area (Å²) in [6.45, 7) is 0.398. The van der Waals surface area contributed by atoms with E-state index < -0.39 is 6.04 Å². The maximum Gasteiger partial charge on any atom is 0.241 e. The van der Waals surface area contributed by atoms with Crippen LogP contribution in [-0.4, -0.2) is 33.5 Å². The highest BCUT2D eigenvalue weighted by molar-refractivity contribution is 7.98. The second-order valence-corrected chi connectivity index (χ2v) is 6.13. The molecule has 0 aliphatic heterocycles. The van der Waals surface area contributed by atoms with Crippen molar-refractivity contribution in [3.63, 3.8) is 0 Å². The molecule has 0 aliphatic rings. The molecule has 0 bridgehead atoms. The number of nitrogens with zero attached hydrogens (tertiary/aromatic N) is 2. The molecule has 2 rings (SSSR count). The van der Waals surface area contributed by atoms with Crippen LogP contribution in [-0.2, 0) is 18.4 Å². The molecule has 1 amide bonds. The predicted octanol–water partition coefficient (Wildman–Crippen LogP) is 2.02. The number of carbonyl (C=O) groups is 1. The molecule has 0 spiro atoms. The molecule has 2 aromatic rings. The van der Waals surface area contributed by atoms with Gasteiger partial charge in [0, 0.05) is 25.1 Å². The van der Waals surface area contributed by atoms with Crippen LogP contribution in [0.1, 0.15) is 12.2 Å². The summed E-state index contributed by atoms with van der Waals surface area (Å²) in [5.41, 5.74) is 6.55. The number of amides is 1. The highest BCUT2D eigenvalue weighted by atomic mass is 32.2. The summed E-state index contributed by atoms with van der Waals surface area (Å²) >= 11 is 1.68. The molecule has 3 N–H and O–H groups in total. The molecule has 6 nitrogen and oxygen atoms in total. The molecule has 1 heterocycles. The number of nitrogens with two attached hydrogens (primary N) is 1. The number of imidazole rings is 1. The normalized spacial score (nSPS) is 12.0. The number of nitrogens with one attached hydrogen (secondary N) is 1. The van der Waals surface area contributed by atoms with Gasteiger partial charge in [-0.25, -0.2) is 4.98 Å². The Morgan fingerprint density at radius 2 is 2.17 bits per heavy atom. The molecule has 23 heavy (non-hydrogen) atoms. The molecule has 0 unspecified atom stereocenters. The van der Waals surface area contributed by atoms with Gasteiger partial charge in [-0.05, 0) is 42.7 Å². The van der Waals surface area contributed by atoms with Crippen molar-refractivity contribution in [1.29, 1.82) is 0 Å². The first kappa shape index (κ1) is 17.4. The lowest BCUT2D eigenvalue weighted by Crippen LogP contribution is -2.36. The van der Waals surface area contributed by atoms with Gasteiger partial charge in [0.1, 0.15) is 18.2 Å². The predicted molar refractivity (Wildman–Crippen MR) is 93.6 cm³/mol. The second kappa shape index (κ2) is 8.59. The fourth-order valence-corrected chi connectivity index (χ4v) is 2.42. The summed E-state index contributed by atoms with van der Waals surface area (Å²) in [6, 6.07) is 6.74. The molecule has 124 valence electrons. The highest BCUT2D eigenvalue weighted by Crippen LogP contribution is 2.17. The van der Waals surface area contributed by atoms with Gasteiger partial charge in [0.25, 0.3) is 0 Å².